The molecule has 0 amide bonds. The number of benzene rings is 9. The fourth-order valence-corrected chi connectivity index (χ4v) is 8.30. The number of nitrogens with zero attached hydrogens (tertiary/aromatic N) is 4. The Bertz CT molecular complexity index is 3250. The van der Waals surface area contributed by atoms with Crippen LogP contribution in [-0.4, -0.2) is 19.9 Å². The van der Waals surface area contributed by atoms with Crippen LogP contribution in [0.4, 0.5) is 0 Å². The second-order valence-electron chi connectivity index (χ2n) is 15.0. The van der Waals surface area contributed by atoms with E-state index in [4.69, 9.17) is 19.9 Å². The minimum Gasteiger partial charge on any atom is -0.248 e. The second-order valence-corrected chi connectivity index (χ2v) is 15.0. The van der Waals surface area contributed by atoms with E-state index >= 15 is 0 Å². The van der Waals surface area contributed by atoms with Crippen LogP contribution in [0.5, 0.6) is 0 Å². The first-order chi connectivity index (χ1) is 29.7. The number of hydrogen-bond acceptors (Lipinski definition) is 4. The minimum absolute atomic E-state index is 0.626. The quantitative estimate of drug-likeness (QED) is 0.152. The molecule has 0 aliphatic heterocycles. The van der Waals surface area contributed by atoms with Gasteiger partial charge in [-0.05, 0) is 78.8 Å². The maximum absolute atomic E-state index is 5.14. The summed E-state index contributed by atoms with van der Waals surface area (Å²) in [7, 11) is 0. The molecule has 11 aromatic rings. The zero-order chi connectivity index (χ0) is 39.8. The van der Waals surface area contributed by atoms with Gasteiger partial charge in [-0.3, -0.25) is 0 Å². The number of hydrogen-bond donors (Lipinski definition) is 0. The van der Waals surface area contributed by atoms with Crippen molar-refractivity contribution in [3.05, 3.63) is 218 Å². The maximum Gasteiger partial charge on any atom is 0.164 e. The number of aromatic nitrogens is 4. The van der Waals surface area contributed by atoms with Gasteiger partial charge in [0.15, 0.2) is 17.5 Å². The van der Waals surface area contributed by atoms with Crippen LogP contribution in [0.3, 0.4) is 0 Å². The van der Waals surface area contributed by atoms with Gasteiger partial charge in [0, 0.05) is 27.8 Å². The van der Waals surface area contributed by atoms with Crippen LogP contribution >= 0.6 is 0 Å². The third-order valence-corrected chi connectivity index (χ3v) is 11.3. The molecule has 4 nitrogen and oxygen atoms in total. The van der Waals surface area contributed by atoms with Crippen LogP contribution in [0.15, 0.2) is 218 Å². The Morgan fingerprint density at radius 3 is 1.08 bits per heavy atom. The largest absolute Gasteiger partial charge is 0.248 e. The van der Waals surface area contributed by atoms with Crippen molar-refractivity contribution >= 4 is 32.3 Å². The molecule has 0 aliphatic carbocycles. The molecule has 0 unspecified atom stereocenters. The number of fused-ring (bicyclic) bond motifs is 6. The highest BCUT2D eigenvalue weighted by atomic mass is 15.0. The van der Waals surface area contributed by atoms with Crippen LogP contribution in [-0.2, 0) is 0 Å². The standard InChI is InChI=1S/C56H36N4/c1-4-15-38(16-5-1)52-35-45(36-53(57-52)39-17-6-2-7-18-39)43-22-14-21-42(33-43)37-27-29-41(30-28-37)55-58-54(40-19-8-3-9-20-40)59-56(60-55)44-31-32-50-48-25-11-10-23-46(48)47-24-12-13-26-49(47)51(50)34-44/h1-36H. The van der Waals surface area contributed by atoms with Crippen molar-refractivity contribution in [3.63, 3.8) is 0 Å². The van der Waals surface area contributed by atoms with Gasteiger partial charge < -0.3 is 0 Å². The number of pyridine rings is 1. The molecule has 9 aromatic carbocycles. The normalized spacial score (nSPS) is 11.3. The summed E-state index contributed by atoms with van der Waals surface area (Å²) in [6.07, 6.45) is 0. The van der Waals surface area contributed by atoms with Crippen molar-refractivity contribution < 1.29 is 0 Å². The first-order valence-corrected chi connectivity index (χ1v) is 20.2. The molecule has 60 heavy (non-hydrogen) atoms. The monoisotopic (exact) mass is 764 g/mol. The molecule has 0 bridgehead atoms. The minimum atomic E-state index is 0.626. The van der Waals surface area contributed by atoms with E-state index in [1.54, 1.807) is 0 Å². The highest BCUT2D eigenvalue weighted by molar-refractivity contribution is 6.25. The molecule has 0 radical (unpaired) electrons. The van der Waals surface area contributed by atoms with Gasteiger partial charge >= 0.3 is 0 Å². The summed E-state index contributed by atoms with van der Waals surface area (Å²) in [6, 6.07) is 76.4. The molecule has 0 fully saturated rings. The third kappa shape index (κ3) is 6.56. The smallest absolute Gasteiger partial charge is 0.164 e. The molecular formula is C56H36N4. The highest BCUT2D eigenvalue weighted by Gasteiger charge is 2.16. The summed E-state index contributed by atoms with van der Waals surface area (Å²) in [6.45, 7) is 0. The fraction of sp³-hybridized carbons (Fsp3) is 0. The van der Waals surface area contributed by atoms with Crippen molar-refractivity contribution in [2.75, 3.05) is 0 Å². The van der Waals surface area contributed by atoms with Gasteiger partial charge in [-0.25, -0.2) is 19.9 Å². The lowest BCUT2D eigenvalue weighted by Gasteiger charge is -2.13. The van der Waals surface area contributed by atoms with Crippen molar-refractivity contribution in [3.8, 4) is 78.9 Å². The van der Waals surface area contributed by atoms with Gasteiger partial charge in [-0.1, -0.05) is 194 Å². The fourth-order valence-electron chi connectivity index (χ4n) is 8.30. The summed E-state index contributed by atoms with van der Waals surface area (Å²) >= 11 is 0. The summed E-state index contributed by atoms with van der Waals surface area (Å²) in [5.41, 5.74) is 11.3. The van der Waals surface area contributed by atoms with Crippen LogP contribution in [0, 0.1) is 0 Å². The van der Waals surface area contributed by atoms with Gasteiger partial charge in [-0.2, -0.15) is 0 Å². The van der Waals surface area contributed by atoms with Crippen molar-refractivity contribution in [1.29, 1.82) is 0 Å². The molecule has 280 valence electrons. The van der Waals surface area contributed by atoms with Gasteiger partial charge in [0.1, 0.15) is 0 Å². The first kappa shape index (κ1) is 35.1. The molecule has 4 heteroatoms. The molecule has 0 atom stereocenters. The van der Waals surface area contributed by atoms with E-state index in [9.17, 15) is 0 Å². The van der Waals surface area contributed by atoms with E-state index in [1.807, 2.05) is 42.5 Å². The lowest BCUT2D eigenvalue weighted by atomic mass is 9.93. The zero-order valence-corrected chi connectivity index (χ0v) is 32.6. The van der Waals surface area contributed by atoms with E-state index in [0.717, 1.165) is 61.5 Å². The van der Waals surface area contributed by atoms with E-state index < -0.39 is 0 Å². The van der Waals surface area contributed by atoms with Crippen LogP contribution < -0.4 is 0 Å². The average Bonchev–Trinajstić information content (AvgIpc) is 3.34. The highest BCUT2D eigenvalue weighted by Crippen LogP contribution is 2.38. The summed E-state index contributed by atoms with van der Waals surface area (Å²) < 4.78 is 0. The average molecular weight is 765 g/mol. The Morgan fingerprint density at radius 2 is 0.550 bits per heavy atom. The van der Waals surface area contributed by atoms with Gasteiger partial charge in [0.05, 0.1) is 11.4 Å². The van der Waals surface area contributed by atoms with Crippen molar-refractivity contribution in [2.45, 2.75) is 0 Å². The Balaban J connectivity index is 0.982. The second kappa shape index (κ2) is 15.0. The predicted molar refractivity (Wildman–Crippen MR) is 248 cm³/mol. The van der Waals surface area contributed by atoms with E-state index in [-0.39, 0.29) is 0 Å². The topological polar surface area (TPSA) is 51.6 Å². The summed E-state index contributed by atoms with van der Waals surface area (Å²) in [5.74, 6) is 1.90. The Labute approximate surface area is 348 Å². The SMILES string of the molecule is c1ccc(-c2cc(-c3cccc(-c4ccc(-c5nc(-c6ccccc6)nc(-c6ccc7c8ccccc8c8ccccc8c7c6)n5)cc4)c3)cc(-c3ccccc3)n2)cc1. The molecule has 0 N–H and O–H groups in total. The summed E-state index contributed by atoms with van der Waals surface area (Å²) in [5, 5.41) is 7.32. The van der Waals surface area contributed by atoms with Crippen LogP contribution in [0.25, 0.3) is 111 Å². The summed E-state index contributed by atoms with van der Waals surface area (Å²) in [4.78, 5) is 20.4. The lowest BCUT2D eigenvalue weighted by Crippen LogP contribution is -2.00. The third-order valence-electron chi connectivity index (χ3n) is 11.3. The van der Waals surface area contributed by atoms with Gasteiger partial charge in [0.2, 0.25) is 0 Å². The molecule has 0 saturated heterocycles. The van der Waals surface area contributed by atoms with E-state index in [1.165, 1.54) is 32.3 Å². The van der Waals surface area contributed by atoms with E-state index in [2.05, 4.69) is 176 Å². The first-order valence-electron chi connectivity index (χ1n) is 20.2. The van der Waals surface area contributed by atoms with Gasteiger partial charge in [-0.15, -0.1) is 0 Å². The molecule has 2 heterocycles. The Hall–Kier alpha value is -8.08. The molecule has 11 rings (SSSR count). The van der Waals surface area contributed by atoms with Crippen molar-refractivity contribution in [1.82, 2.24) is 19.9 Å². The molecule has 0 aliphatic rings. The Morgan fingerprint density at radius 1 is 0.183 bits per heavy atom. The van der Waals surface area contributed by atoms with Gasteiger partial charge in [0.25, 0.3) is 0 Å². The van der Waals surface area contributed by atoms with Crippen LogP contribution in [0.2, 0.25) is 0 Å². The van der Waals surface area contributed by atoms with Crippen LogP contribution in [0.1, 0.15) is 0 Å². The van der Waals surface area contributed by atoms with E-state index in [0.29, 0.717) is 17.5 Å². The zero-order valence-electron chi connectivity index (χ0n) is 32.6. The molecular weight excluding hydrogens is 729 g/mol. The predicted octanol–water partition coefficient (Wildman–Crippen LogP) is 14.4. The number of rotatable bonds is 7. The van der Waals surface area contributed by atoms with Crippen molar-refractivity contribution in [2.24, 2.45) is 0 Å². The molecule has 0 spiro atoms. The lowest BCUT2D eigenvalue weighted by molar-refractivity contribution is 1.07. The Kier molecular flexibility index (Phi) is 8.79. The molecule has 0 saturated carbocycles. The molecule has 2 aromatic heterocycles. The maximum atomic E-state index is 5.14.